The maximum Gasteiger partial charge on any atom is 0.0233 e. The van der Waals surface area contributed by atoms with Gasteiger partial charge in [-0.05, 0) is 44.6 Å². The largest absolute Gasteiger partial charge is 0.318 e. The molecule has 0 aliphatic carbocycles. The maximum atomic E-state index is 3.17. The molecule has 15 heavy (non-hydrogen) atoms. The Kier molecular flexibility index (Phi) is 4.79. The first-order chi connectivity index (χ1) is 7.15. The Labute approximate surface area is 93.3 Å². The summed E-state index contributed by atoms with van der Waals surface area (Å²) in [6.45, 7) is 7.55. The van der Waals surface area contributed by atoms with Crippen LogP contribution in [0.25, 0.3) is 0 Å². The van der Waals surface area contributed by atoms with Gasteiger partial charge in [0.2, 0.25) is 0 Å². The van der Waals surface area contributed by atoms with Gasteiger partial charge in [-0.25, -0.2) is 0 Å². The van der Waals surface area contributed by atoms with Crippen molar-refractivity contribution in [2.45, 2.75) is 20.4 Å². The molecule has 0 radical (unpaired) electrons. The molecule has 0 aromatic heterocycles. The van der Waals surface area contributed by atoms with Crippen LogP contribution in [0.5, 0.6) is 0 Å². The van der Waals surface area contributed by atoms with Crippen molar-refractivity contribution in [1.29, 1.82) is 0 Å². The van der Waals surface area contributed by atoms with Crippen molar-refractivity contribution in [2.24, 2.45) is 0 Å². The van der Waals surface area contributed by atoms with Crippen molar-refractivity contribution < 1.29 is 0 Å². The summed E-state index contributed by atoms with van der Waals surface area (Å²) in [4.78, 5) is 2.35. The number of aryl methyl sites for hydroxylation is 1. The van der Waals surface area contributed by atoms with Crippen LogP contribution in [0.1, 0.15) is 16.7 Å². The van der Waals surface area contributed by atoms with Gasteiger partial charge in [0.25, 0.3) is 0 Å². The molecular formula is C13H22N2. The second-order valence-corrected chi connectivity index (χ2v) is 4.20. The average molecular weight is 206 g/mol. The van der Waals surface area contributed by atoms with Gasteiger partial charge in [-0.3, -0.25) is 0 Å². The van der Waals surface area contributed by atoms with Crippen LogP contribution in [0.4, 0.5) is 0 Å². The zero-order chi connectivity index (χ0) is 11.3. The van der Waals surface area contributed by atoms with E-state index in [9.17, 15) is 0 Å². The Morgan fingerprint density at radius 2 is 2.00 bits per heavy atom. The van der Waals surface area contributed by atoms with Crippen LogP contribution >= 0.6 is 0 Å². The van der Waals surface area contributed by atoms with Gasteiger partial charge < -0.3 is 10.2 Å². The maximum absolute atomic E-state index is 3.17. The van der Waals surface area contributed by atoms with E-state index >= 15 is 0 Å². The smallest absolute Gasteiger partial charge is 0.0233 e. The van der Waals surface area contributed by atoms with Crippen LogP contribution in [0, 0.1) is 13.8 Å². The Bertz CT molecular complexity index is 307. The Morgan fingerprint density at radius 3 is 2.67 bits per heavy atom. The third-order valence-corrected chi connectivity index (χ3v) is 2.90. The highest BCUT2D eigenvalue weighted by atomic mass is 15.1. The number of nitrogens with zero attached hydrogens (tertiary/aromatic N) is 1. The summed E-state index contributed by atoms with van der Waals surface area (Å²) in [6, 6.07) is 6.54. The zero-order valence-electron chi connectivity index (χ0n) is 10.3. The lowest BCUT2D eigenvalue weighted by molar-refractivity contribution is 0.327. The molecule has 1 aromatic carbocycles. The van der Waals surface area contributed by atoms with Crippen molar-refractivity contribution in [3.63, 3.8) is 0 Å². The number of likely N-dealkylation sites (N-methyl/N-ethyl adjacent to an activating group) is 2. The molecule has 0 unspecified atom stereocenters. The van der Waals surface area contributed by atoms with Crippen molar-refractivity contribution >= 4 is 0 Å². The molecule has 0 heterocycles. The van der Waals surface area contributed by atoms with Crippen molar-refractivity contribution in [3.05, 3.63) is 34.9 Å². The summed E-state index contributed by atoms with van der Waals surface area (Å²) in [5, 5.41) is 3.17. The number of hydrogen-bond donors (Lipinski definition) is 1. The third-order valence-electron chi connectivity index (χ3n) is 2.90. The second kappa shape index (κ2) is 5.89. The molecule has 1 aromatic rings. The number of hydrogen-bond acceptors (Lipinski definition) is 2. The zero-order valence-corrected chi connectivity index (χ0v) is 10.3. The summed E-state index contributed by atoms with van der Waals surface area (Å²) in [6.07, 6.45) is 0. The summed E-state index contributed by atoms with van der Waals surface area (Å²) in [7, 11) is 4.16. The van der Waals surface area contributed by atoms with Crippen LogP contribution < -0.4 is 5.32 Å². The van der Waals surface area contributed by atoms with Gasteiger partial charge >= 0.3 is 0 Å². The van der Waals surface area contributed by atoms with E-state index in [-0.39, 0.29) is 0 Å². The minimum atomic E-state index is 1.04. The summed E-state index contributed by atoms with van der Waals surface area (Å²) >= 11 is 0. The number of benzene rings is 1. The minimum Gasteiger partial charge on any atom is -0.318 e. The van der Waals surface area contributed by atoms with Gasteiger partial charge in [0.05, 0.1) is 0 Å². The SMILES string of the molecule is CNCCN(C)Cc1cccc(C)c1C. The topological polar surface area (TPSA) is 15.3 Å². The van der Waals surface area contributed by atoms with Gasteiger partial charge in [-0.15, -0.1) is 0 Å². The fraction of sp³-hybridized carbons (Fsp3) is 0.538. The normalized spacial score (nSPS) is 11.0. The summed E-state index contributed by atoms with van der Waals surface area (Å²) in [5.41, 5.74) is 4.25. The van der Waals surface area contributed by atoms with E-state index in [1.807, 2.05) is 7.05 Å². The van der Waals surface area contributed by atoms with E-state index in [1.54, 1.807) is 0 Å². The average Bonchev–Trinajstić information content (AvgIpc) is 2.22. The predicted molar refractivity (Wildman–Crippen MR) is 66.2 cm³/mol. The van der Waals surface area contributed by atoms with Crippen LogP contribution in [-0.4, -0.2) is 32.1 Å². The molecule has 0 aliphatic rings. The predicted octanol–water partition coefficient (Wildman–Crippen LogP) is 1.95. The van der Waals surface area contributed by atoms with Crippen LogP contribution in [0.15, 0.2) is 18.2 Å². The van der Waals surface area contributed by atoms with E-state index < -0.39 is 0 Å². The molecule has 0 atom stereocenters. The van der Waals surface area contributed by atoms with Gasteiger partial charge in [0, 0.05) is 19.6 Å². The lowest BCUT2D eigenvalue weighted by atomic mass is 10.0. The van der Waals surface area contributed by atoms with Crippen LogP contribution in [0.3, 0.4) is 0 Å². The lowest BCUT2D eigenvalue weighted by Gasteiger charge is -2.18. The van der Waals surface area contributed by atoms with E-state index in [1.165, 1.54) is 16.7 Å². The molecular weight excluding hydrogens is 184 g/mol. The highest BCUT2D eigenvalue weighted by molar-refractivity contribution is 5.32. The third kappa shape index (κ3) is 3.65. The quantitative estimate of drug-likeness (QED) is 0.792. The fourth-order valence-electron chi connectivity index (χ4n) is 1.66. The van der Waals surface area contributed by atoms with Crippen LogP contribution in [-0.2, 0) is 6.54 Å². The molecule has 0 spiro atoms. The first-order valence-electron chi connectivity index (χ1n) is 5.53. The monoisotopic (exact) mass is 206 g/mol. The molecule has 0 aliphatic heterocycles. The molecule has 1 N–H and O–H groups in total. The van der Waals surface area contributed by atoms with Crippen LogP contribution in [0.2, 0.25) is 0 Å². The Hall–Kier alpha value is -0.860. The molecule has 2 nitrogen and oxygen atoms in total. The lowest BCUT2D eigenvalue weighted by Crippen LogP contribution is -2.27. The van der Waals surface area contributed by atoms with Crippen molar-refractivity contribution in [1.82, 2.24) is 10.2 Å². The van der Waals surface area contributed by atoms with Gasteiger partial charge in [0.1, 0.15) is 0 Å². The minimum absolute atomic E-state index is 1.04. The molecule has 0 saturated carbocycles. The van der Waals surface area contributed by atoms with E-state index in [0.29, 0.717) is 0 Å². The molecule has 1 rings (SSSR count). The van der Waals surface area contributed by atoms with E-state index in [4.69, 9.17) is 0 Å². The highest BCUT2D eigenvalue weighted by Crippen LogP contribution is 2.13. The van der Waals surface area contributed by atoms with Gasteiger partial charge in [-0.2, -0.15) is 0 Å². The summed E-state index contributed by atoms with van der Waals surface area (Å²) < 4.78 is 0. The molecule has 0 bridgehead atoms. The van der Waals surface area contributed by atoms with Crippen molar-refractivity contribution in [2.75, 3.05) is 27.2 Å². The highest BCUT2D eigenvalue weighted by Gasteiger charge is 2.03. The fourth-order valence-corrected chi connectivity index (χ4v) is 1.66. The molecule has 2 heteroatoms. The Morgan fingerprint density at radius 1 is 1.27 bits per heavy atom. The second-order valence-electron chi connectivity index (χ2n) is 4.20. The molecule has 0 fully saturated rings. The van der Waals surface area contributed by atoms with Crippen molar-refractivity contribution in [3.8, 4) is 0 Å². The Balaban J connectivity index is 2.60. The number of nitrogens with one attached hydrogen (secondary N) is 1. The number of rotatable bonds is 5. The molecule has 84 valence electrons. The van der Waals surface area contributed by atoms with Gasteiger partial charge in [-0.1, -0.05) is 18.2 Å². The standard InChI is InChI=1S/C13H22N2/c1-11-6-5-7-13(12(11)2)10-15(4)9-8-14-3/h5-7,14H,8-10H2,1-4H3. The van der Waals surface area contributed by atoms with E-state index in [2.05, 4.69) is 49.3 Å². The first kappa shape index (κ1) is 12.2. The van der Waals surface area contributed by atoms with Gasteiger partial charge in [0.15, 0.2) is 0 Å². The first-order valence-corrected chi connectivity index (χ1v) is 5.53. The molecule has 0 amide bonds. The summed E-state index contributed by atoms with van der Waals surface area (Å²) in [5.74, 6) is 0. The molecule has 0 saturated heterocycles. The van der Waals surface area contributed by atoms with E-state index in [0.717, 1.165) is 19.6 Å².